The summed E-state index contributed by atoms with van der Waals surface area (Å²) >= 11 is 0. The van der Waals surface area contributed by atoms with Crippen molar-refractivity contribution in [3.8, 4) is 5.75 Å². The summed E-state index contributed by atoms with van der Waals surface area (Å²) in [6.07, 6.45) is 1.35. The van der Waals surface area contributed by atoms with Crippen molar-refractivity contribution in [2.75, 3.05) is 0 Å². The molecule has 0 bridgehead atoms. The number of halogens is 2. The van der Waals surface area contributed by atoms with Crippen LogP contribution < -0.4 is 10.2 Å². The maximum atomic E-state index is 12.6. The monoisotopic (exact) mass is 359 g/mol. The number of aryl methyl sites for hydroxylation is 2. The number of nitrogens with zero attached hydrogens (tertiary/aromatic N) is 3. The molecule has 3 rings (SSSR count). The fourth-order valence-corrected chi connectivity index (χ4v) is 2.56. The van der Waals surface area contributed by atoms with E-state index in [4.69, 9.17) is 0 Å². The molecule has 2 aromatic heterocycles. The number of amides is 1. The minimum Gasteiger partial charge on any atom is -0.432 e. The zero-order chi connectivity index (χ0) is 18.8. The van der Waals surface area contributed by atoms with Gasteiger partial charge in [-0.05, 0) is 43.7 Å². The maximum absolute atomic E-state index is 12.6. The first kappa shape index (κ1) is 17.5. The summed E-state index contributed by atoms with van der Waals surface area (Å²) < 4.78 is 30.5. The molecule has 0 saturated carbocycles. The Labute approximate surface area is 147 Å². The van der Waals surface area contributed by atoms with Crippen LogP contribution in [0.1, 0.15) is 21.6 Å². The molecule has 0 aliphatic rings. The van der Waals surface area contributed by atoms with Gasteiger partial charge in [-0.2, -0.15) is 18.5 Å². The van der Waals surface area contributed by atoms with Crippen molar-refractivity contribution < 1.29 is 23.5 Å². The van der Waals surface area contributed by atoms with Crippen LogP contribution >= 0.6 is 0 Å². The van der Waals surface area contributed by atoms with E-state index in [9.17, 15) is 18.8 Å². The van der Waals surface area contributed by atoms with Gasteiger partial charge in [0.15, 0.2) is 11.2 Å². The molecule has 3 aromatic rings. The van der Waals surface area contributed by atoms with Crippen LogP contribution in [0, 0.1) is 13.8 Å². The largest absolute Gasteiger partial charge is 0.432 e. The normalized spacial score (nSPS) is 12.0. The average Bonchev–Trinajstić information content (AvgIpc) is 2.58. The molecular formula is C18H15F2N3O3. The maximum Gasteiger partial charge on any atom is 0.387 e. The van der Waals surface area contributed by atoms with Crippen LogP contribution in [0.15, 0.2) is 47.6 Å². The minimum absolute atomic E-state index is 0.0821. The zero-order valence-corrected chi connectivity index (χ0v) is 14.0. The number of benzene rings is 1. The number of fused-ring (bicyclic) bond motifs is 1. The molecule has 0 aliphatic heterocycles. The van der Waals surface area contributed by atoms with Crippen molar-refractivity contribution in [3.63, 3.8) is 0 Å². The van der Waals surface area contributed by atoms with E-state index in [-0.39, 0.29) is 22.3 Å². The lowest BCUT2D eigenvalue weighted by Gasteiger charge is -2.10. The lowest BCUT2D eigenvalue weighted by atomic mass is 10.1. The molecule has 1 N–H and O–H groups in total. The van der Waals surface area contributed by atoms with Gasteiger partial charge in [-0.25, -0.2) is 4.98 Å². The minimum atomic E-state index is -3.01. The molecule has 8 heteroatoms. The average molecular weight is 359 g/mol. The Hall–Kier alpha value is -3.29. The molecule has 0 unspecified atom stereocenters. The second kappa shape index (κ2) is 6.91. The highest BCUT2D eigenvalue weighted by atomic mass is 19.3. The van der Waals surface area contributed by atoms with E-state index in [0.29, 0.717) is 16.6 Å². The van der Waals surface area contributed by atoms with Crippen LogP contribution in [-0.2, 0) is 0 Å². The summed E-state index contributed by atoms with van der Waals surface area (Å²) in [5.41, 5.74) is 1.58. The van der Waals surface area contributed by atoms with Gasteiger partial charge in [0, 0.05) is 17.3 Å². The first-order valence-electron chi connectivity index (χ1n) is 7.68. The Morgan fingerprint density at radius 2 is 2.00 bits per heavy atom. The molecule has 6 nitrogen and oxygen atoms in total. The number of carbonyl (C=O) groups is 1. The molecule has 0 aliphatic carbocycles. The number of carbonyl (C=O) groups excluding carboxylic acids is 1. The Kier molecular flexibility index (Phi) is 4.66. The van der Waals surface area contributed by atoms with E-state index in [0.717, 1.165) is 4.73 Å². The van der Waals surface area contributed by atoms with Crippen LogP contribution in [0.2, 0.25) is 0 Å². The molecule has 1 aromatic carbocycles. The van der Waals surface area contributed by atoms with Crippen molar-refractivity contribution >= 4 is 16.8 Å². The van der Waals surface area contributed by atoms with Crippen LogP contribution in [0.3, 0.4) is 0 Å². The molecule has 0 saturated heterocycles. The summed E-state index contributed by atoms with van der Waals surface area (Å²) in [4.78, 5) is 20.8. The van der Waals surface area contributed by atoms with E-state index < -0.39 is 12.5 Å². The number of hydrogen-bond acceptors (Lipinski definition) is 4. The third kappa shape index (κ3) is 3.39. The van der Waals surface area contributed by atoms with Crippen LogP contribution in [0.4, 0.5) is 8.78 Å². The number of pyridine rings is 2. The highest BCUT2D eigenvalue weighted by molar-refractivity contribution is 6.08. The fraction of sp³-hybridized carbons (Fsp3) is 0.167. The molecular weight excluding hydrogens is 344 g/mol. The SMILES string of the molecule is Cc1ccc2c(C(=O)N=c3c(C)cccn3O)ccc(OC(F)F)c2n1. The lowest BCUT2D eigenvalue weighted by molar-refractivity contribution is -0.0489. The highest BCUT2D eigenvalue weighted by Crippen LogP contribution is 2.29. The number of hydrogen-bond donors (Lipinski definition) is 1. The summed E-state index contributed by atoms with van der Waals surface area (Å²) in [7, 11) is 0. The van der Waals surface area contributed by atoms with E-state index in [2.05, 4.69) is 14.7 Å². The van der Waals surface area contributed by atoms with Crippen LogP contribution in [-0.4, -0.2) is 27.4 Å². The van der Waals surface area contributed by atoms with Gasteiger partial charge < -0.3 is 9.94 Å². The van der Waals surface area contributed by atoms with Gasteiger partial charge in [0.05, 0.1) is 5.56 Å². The number of alkyl halides is 2. The Morgan fingerprint density at radius 3 is 2.69 bits per heavy atom. The van der Waals surface area contributed by atoms with Crippen molar-refractivity contribution in [2.45, 2.75) is 20.5 Å². The van der Waals surface area contributed by atoms with Crippen molar-refractivity contribution in [3.05, 3.63) is 64.9 Å². The third-order valence-corrected chi connectivity index (χ3v) is 3.76. The Morgan fingerprint density at radius 1 is 1.23 bits per heavy atom. The van der Waals surface area contributed by atoms with Crippen LogP contribution in [0.5, 0.6) is 5.75 Å². The van der Waals surface area contributed by atoms with Gasteiger partial charge in [-0.15, -0.1) is 0 Å². The fourth-order valence-electron chi connectivity index (χ4n) is 2.56. The van der Waals surface area contributed by atoms with E-state index in [1.807, 2.05) is 0 Å². The predicted molar refractivity (Wildman–Crippen MR) is 89.4 cm³/mol. The lowest BCUT2D eigenvalue weighted by Crippen LogP contribution is -2.22. The standard InChI is InChI=1S/C18H15F2N3O3/c1-10-4-3-9-23(25)16(10)22-17(24)13-7-8-14(26-18(19)20)15-12(13)6-5-11(2)21-15/h3-9,18,25H,1-2H3. The first-order valence-corrected chi connectivity index (χ1v) is 7.68. The van der Waals surface area contributed by atoms with E-state index >= 15 is 0 Å². The molecule has 0 fully saturated rings. The molecule has 26 heavy (non-hydrogen) atoms. The van der Waals surface area contributed by atoms with Crippen molar-refractivity contribution in [1.82, 2.24) is 9.71 Å². The van der Waals surface area contributed by atoms with Gasteiger partial charge in [0.25, 0.3) is 5.91 Å². The molecule has 134 valence electrons. The third-order valence-electron chi connectivity index (χ3n) is 3.76. The van der Waals surface area contributed by atoms with Gasteiger partial charge in [-0.3, -0.25) is 4.79 Å². The van der Waals surface area contributed by atoms with Gasteiger partial charge in [0.1, 0.15) is 5.52 Å². The Balaban J connectivity index is 2.18. The van der Waals surface area contributed by atoms with E-state index in [1.165, 1.54) is 18.3 Å². The quantitative estimate of drug-likeness (QED) is 0.729. The van der Waals surface area contributed by atoms with Gasteiger partial charge in [-0.1, -0.05) is 12.1 Å². The zero-order valence-electron chi connectivity index (χ0n) is 14.0. The number of aromatic nitrogens is 2. The summed E-state index contributed by atoms with van der Waals surface area (Å²) in [6, 6.07) is 9.17. The second-order valence-corrected chi connectivity index (χ2v) is 5.61. The highest BCUT2D eigenvalue weighted by Gasteiger charge is 2.16. The smallest absolute Gasteiger partial charge is 0.387 e. The summed E-state index contributed by atoms with van der Waals surface area (Å²) in [5, 5.41) is 10.2. The molecule has 0 radical (unpaired) electrons. The molecule has 2 heterocycles. The molecule has 1 amide bonds. The number of rotatable bonds is 3. The summed E-state index contributed by atoms with van der Waals surface area (Å²) in [5.74, 6) is -0.760. The Bertz CT molecular complexity index is 1040. The summed E-state index contributed by atoms with van der Waals surface area (Å²) in [6.45, 7) is 0.389. The molecule has 0 spiro atoms. The predicted octanol–water partition coefficient (Wildman–Crippen LogP) is 3.23. The number of ether oxygens (including phenoxy) is 1. The van der Waals surface area contributed by atoms with Crippen molar-refractivity contribution in [1.29, 1.82) is 0 Å². The molecule has 0 atom stereocenters. The van der Waals surface area contributed by atoms with Gasteiger partial charge in [0.2, 0.25) is 0 Å². The van der Waals surface area contributed by atoms with Crippen LogP contribution in [0.25, 0.3) is 10.9 Å². The van der Waals surface area contributed by atoms with E-state index in [1.54, 1.807) is 38.1 Å². The second-order valence-electron chi connectivity index (χ2n) is 5.61. The first-order chi connectivity index (χ1) is 12.4. The van der Waals surface area contributed by atoms with Gasteiger partial charge >= 0.3 is 6.61 Å². The topological polar surface area (TPSA) is 76.7 Å². The van der Waals surface area contributed by atoms with Crippen molar-refractivity contribution in [2.24, 2.45) is 4.99 Å².